The predicted octanol–water partition coefficient (Wildman–Crippen LogP) is 1.80. The first kappa shape index (κ1) is 15.1. The Hall–Kier alpha value is -1.40. The maximum Gasteiger partial charge on any atom is 0.241 e. The summed E-state index contributed by atoms with van der Waals surface area (Å²) < 4.78 is 0. The molecule has 1 aliphatic carbocycles. The van der Waals surface area contributed by atoms with Crippen molar-refractivity contribution in [3.8, 4) is 0 Å². The highest BCUT2D eigenvalue weighted by Crippen LogP contribution is 2.36. The number of carbonyl (C=O) groups is 2. The van der Waals surface area contributed by atoms with Gasteiger partial charge in [-0.1, -0.05) is 6.42 Å². The van der Waals surface area contributed by atoms with E-state index < -0.39 is 0 Å². The van der Waals surface area contributed by atoms with Gasteiger partial charge in [-0.3, -0.25) is 14.5 Å². The number of thiophene rings is 1. The first-order valence-electron chi connectivity index (χ1n) is 8.42. The molecule has 0 aromatic carbocycles. The zero-order chi connectivity index (χ0) is 16.0. The Kier molecular flexibility index (Phi) is 3.69. The molecule has 0 N–H and O–H groups in total. The molecule has 6 heteroatoms. The van der Waals surface area contributed by atoms with E-state index >= 15 is 0 Å². The summed E-state index contributed by atoms with van der Waals surface area (Å²) in [6.45, 7) is 2.70. The number of amides is 2. The minimum atomic E-state index is -0.0880. The van der Waals surface area contributed by atoms with Crippen molar-refractivity contribution in [1.29, 1.82) is 0 Å². The minimum absolute atomic E-state index is 0.0880. The number of nitrogens with zero attached hydrogens (tertiary/aromatic N) is 3. The molecule has 3 fully saturated rings. The molecule has 0 unspecified atom stereocenters. The average molecular weight is 333 g/mol. The second-order valence-electron chi connectivity index (χ2n) is 7.18. The number of piperazine rings is 1. The van der Waals surface area contributed by atoms with Crippen LogP contribution in [0.1, 0.15) is 25.7 Å². The lowest BCUT2D eigenvalue weighted by molar-refractivity contribution is -0.137. The fourth-order valence-electron chi connectivity index (χ4n) is 4.00. The van der Waals surface area contributed by atoms with E-state index in [0.717, 1.165) is 38.0 Å². The van der Waals surface area contributed by atoms with Crippen molar-refractivity contribution >= 4 is 28.8 Å². The van der Waals surface area contributed by atoms with Crippen LogP contribution in [0, 0.1) is 5.92 Å². The van der Waals surface area contributed by atoms with Crippen LogP contribution in [0.3, 0.4) is 0 Å². The molecule has 1 aromatic rings. The van der Waals surface area contributed by atoms with Gasteiger partial charge in [0.05, 0.1) is 17.8 Å². The molecule has 1 atom stereocenters. The van der Waals surface area contributed by atoms with Crippen molar-refractivity contribution in [1.82, 2.24) is 9.80 Å². The summed E-state index contributed by atoms with van der Waals surface area (Å²) >= 11 is 1.61. The van der Waals surface area contributed by atoms with Gasteiger partial charge in [0.1, 0.15) is 0 Å². The fraction of sp³-hybridized carbons (Fsp3) is 0.647. The second kappa shape index (κ2) is 5.60. The molecule has 3 aliphatic rings. The summed E-state index contributed by atoms with van der Waals surface area (Å²) in [6.07, 6.45) is 4.25. The van der Waals surface area contributed by atoms with Gasteiger partial charge in [0.15, 0.2) is 0 Å². The topological polar surface area (TPSA) is 43.9 Å². The Bertz CT molecular complexity index is 613. The summed E-state index contributed by atoms with van der Waals surface area (Å²) in [4.78, 5) is 31.1. The molecule has 1 aromatic heterocycles. The van der Waals surface area contributed by atoms with Crippen LogP contribution in [0.4, 0.5) is 5.69 Å². The molecule has 1 saturated carbocycles. The van der Waals surface area contributed by atoms with Gasteiger partial charge in [-0.15, -0.1) is 0 Å². The van der Waals surface area contributed by atoms with Gasteiger partial charge >= 0.3 is 0 Å². The van der Waals surface area contributed by atoms with E-state index in [0.29, 0.717) is 19.0 Å². The largest absolute Gasteiger partial charge is 0.340 e. The van der Waals surface area contributed by atoms with Crippen LogP contribution in [0.5, 0.6) is 0 Å². The zero-order valence-electron chi connectivity index (χ0n) is 13.5. The normalized spacial score (nSPS) is 29.3. The lowest BCUT2D eigenvalue weighted by atomic mass is 9.84. The molecule has 0 radical (unpaired) electrons. The van der Waals surface area contributed by atoms with Crippen LogP contribution in [0.2, 0.25) is 0 Å². The molecule has 4 rings (SSSR count). The highest BCUT2D eigenvalue weighted by molar-refractivity contribution is 7.08. The van der Waals surface area contributed by atoms with E-state index in [4.69, 9.17) is 0 Å². The first-order chi connectivity index (χ1) is 11.1. The van der Waals surface area contributed by atoms with Gasteiger partial charge in [-0.25, -0.2) is 0 Å². The van der Waals surface area contributed by atoms with Crippen molar-refractivity contribution in [3.05, 3.63) is 16.8 Å². The van der Waals surface area contributed by atoms with Crippen molar-refractivity contribution < 1.29 is 9.59 Å². The quantitative estimate of drug-likeness (QED) is 0.829. The maximum atomic E-state index is 12.6. The van der Waals surface area contributed by atoms with Gasteiger partial charge in [0.25, 0.3) is 0 Å². The van der Waals surface area contributed by atoms with Gasteiger partial charge in [-0.05, 0) is 37.8 Å². The van der Waals surface area contributed by atoms with E-state index in [2.05, 4.69) is 4.90 Å². The molecule has 2 aliphatic heterocycles. The van der Waals surface area contributed by atoms with Crippen molar-refractivity contribution in [2.45, 2.75) is 31.2 Å². The molecule has 2 saturated heterocycles. The van der Waals surface area contributed by atoms with Gasteiger partial charge < -0.3 is 9.80 Å². The van der Waals surface area contributed by atoms with Gasteiger partial charge in [0.2, 0.25) is 11.8 Å². The van der Waals surface area contributed by atoms with Crippen molar-refractivity contribution in [2.24, 2.45) is 5.92 Å². The average Bonchev–Trinajstić information content (AvgIpc) is 3.12. The van der Waals surface area contributed by atoms with Gasteiger partial charge in [-0.2, -0.15) is 11.3 Å². The summed E-state index contributed by atoms with van der Waals surface area (Å²) in [5.74, 6) is 0.745. The van der Waals surface area contributed by atoms with Crippen LogP contribution in [0.25, 0.3) is 0 Å². The van der Waals surface area contributed by atoms with Crippen LogP contribution in [0.15, 0.2) is 16.8 Å². The molecule has 23 heavy (non-hydrogen) atoms. The van der Waals surface area contributed by atoms with E-state index in [9.17, 15) is 9.59 Å². The predicted molar refractivity (Wildman–Crippen MR) is 90.6 cm³/mol. The monoisotopic (exact) mass is 333 g/mol. The summed E-state index contributed by atoms with van der Waals surface area (Å²) in [5.41, 5.74) is 0.908. The Morgan fingerprint density at radius 3 is 2.83 bits per heavy atom. The van der Waals surface area contributed by atoms with E-state index in [1.54, 1.807) is 11.3 Å². The molecule has 0 bridgehead atoms. The lowest BCUT2D eigenvalue weighted by Gasteiger charge is -2.46. The molecule has 5 nitrogen and oxygen atoms in total. The van der Waals surface area contributed by atoms with Crippen LogP contribution < -0.4 is 4.90 Å². The van der Waals surface area contributed by atoms with E-state index in [1.165, 1.54) is 6.42 Å². The number of hydrogen-bond donors (Lipinski definition) is 0. The number of anilines is 1. The number of rotatable bonds is 2. The SMILES string of the molecule is CN1CC(=O)N(c2ccsc2)C[C@]12CCN(C(=O)C1CCC1)C2. The third-order valence-corrected chi connectivity index (χ3v) is 6.52. The summed E-state index contributed by atoms with van der Waals surface area (Å²) in [5, 5.41) is 4.04. The highest BCUT2D eigenvalue weighted by atomic mass is 32.1. The molecule has 1 spiro atoms. The molecule has 2 amide bonds. The Labute approximate surface area is 140 Å². The molecular weight excluding hydrogens is 310 g/mol. The van der Waals surface area contributed by atoms with Crippen molar-refractivity contribution in [3.63, 3.8) is 0 Å². The Morgan fingerprint density at radius 2 is 2.17 bits per heavy atom. The smallest absolute Gasteiger partial charge is 0.241 e. The second-order valence-corrected chi connectivity index (χ2v) is 7.96. The third kappa shape index (κ3) is 2.48. The minimum Gasteiger partial charge on any atom is -0.340 e. The molecule has 3 heterocycles. The van der Waals surface area contributed by atoms with Crippen molar-refractivity contribution in [2.75, 3.05) is 38.1 Å². The van der Waals surface area contributed by atoms with Gasteiger partial charge in [0, 0.05) is 30.9 Å². The fourth-order valence-corrected chi connectivity index (χ4v) is 4.65. The number of likely N-dealkylation sites (tertiary alicyclic amines) is 1. The van der Waals surface area contributed by atoms with E-state index in [1.807, 2.05) is 33.7 Å². The zero-order valence-corrected chi connectivity index (χ0v) is 14.3. The third-order valence-electron chi connectivity index (χ3n) is 5.85. The van der Waals surface area contributed by atoms with Crippen LogP contribution in [-0.2, 0) is 9.59 Å². The standard InChI is InChI=1S/C17H23N3O2S/c1-18-9-15(21)20(14-5-8-23-10-14)12-17(18)6-7-19(11-17)16(22)13-3-2-4-13/h5,8,10,13H,2-4,6-7,9,11-12H2,1H3/t17-/m1/s1. The molecular formula is C17H23N3O2S. The highest BCUT2D eigenvalue weighted by Gasteiger charge is 2.49. The van der Waals surface area contributed by atoms with Crippen LogP contribution >= 0.6 is 11.3 Å². The maximum absolute atomic E-state index is 12.6. The molecule has 124 valence electrons. The van der Waals surface area contributed by atoms with E-state index in [-0.39, 0.29) is 17.4 Å². The summed E-state index contributed by atoms with van der Waals surface area (Å²) in [6, 6.07) is 2.01. The number of carbonyl (C=O) groups excluding carboxylic acids is 2. The Balaban J connectivity index is 1.52. The lowest BCUT2D eigenvalue weighted by Crippen LogP contribution is -2.64. The number of likely N-dealkylation sites (N-methyl/N-ethyl adjacent to an activating group) is 1. The Morgan fingerprint density at radius 1 is 1.35 bits per heavy atom. The van der Waals surface area contributed by atoms with Crippen LogP contribution in [-0.4, -0.2) is 60.4 Å². The first-order valence-corrected chi connectivity index (χ1v) is 9.36. The summed E-state index contributed by atoms with van der Waals surface area (Å²) in [7, 11) is 2.03. The number of hydrogen-bond acceptors (Lipinski definition) is 4.